The van der Waals surface area contributed by atoms with E-state index in [2.05, 4.69) is 11.8 Å². The maximum atomic E-state index is 12.2. The molecule has 0 radical (unpaired) electrons. The van der Waals surface area contributed by atoms with Gasteiger partial charge in [0.05, 0.1) is 0 Å². The van der Waals surface area contributed by atoms with E-state index in [1.54, 1.807) is 0 Å². The maximum Gasteiger partial charge on any atom is 0.410 e. The van der Waals surface area contributed by atoms with Gasteiger partial charge >= 0.3 is 6.09 Å². The van der Waals surface area contributed by atoms with Gasteiger partial charge in [0, 0.05) is 38.3 Å². The highest BCUT2D eigenvalue weighted by Crippen LogP contribution is 2.29. The van der Waals surface area contributed by atoms with Crippen LogP contribution in [0.25, 0.3) is 0 Å². The van der Waals surface area contributed by atoms with Crippen LogP contribution in [0.5, 0.6) is 0 Å². The second-order valence-corrected chi connectivity index (χ2v) is 7.87. The largest absolute Gasteiger partial charge is 0.444 e. The van der Waals surface area contributed by atoms with E-state index in [0.29, 0.717) is 24.6 Å². The fourth-order valence-electron chi connectivity index (χ4n) is 3.67. The molecule has 1 aliphatic carbocycles. The number of rotatable bonds is 2. The summed E-state index contributed by atoms with van der Waals surface area (Å²) >= 11 is 0. The Morgan fingerprint density at radius 1 is 1.18 bits per heavy atom. The van der Waals surface area contributed by atoms with Crippen molar-refractivity contribution in [2.24, 2.45) is 5.92 Å². The van der Waals surface area contributed by atoms with Gasteiger partial charge < -0.3 is 14.7 Å². The lowest BCUT2D eigenvalue weighted by Gasteiger charge is -2.45. The Balaban J connectivity index is 1.84. The van der Waals surface area contributed by atoms with Crippen molar-refractivity contribution in [3.05, 3.63) is 0 Å². The molecule has 0 bridgehead atoms. The predicted molar refractivity (Wildman–Crippen MR) is 86.8 cm³/mol. The minimum absolute atomic E-state index is 0.192. The number of carbonyl (C=O) groups excluding carboxylic acids is 1. The van der Waals surface area contributed by atoms with E-state index in [9.17, 15) is 9.90 Å². The molecule has 2 fully saturated rings. The average Bonchev–Trinajstić information content (AvgIpc) is 2.45. The molecule has 1 amide bonds. The number of hydrogen-bond donors (Lipinski definition) is 1. The monoisotopic (exact) mass is 312 g/mol. The Hall–Kier alpha value is -0.810. The molecule has 5 heteroatoms. The summed E-state index contributed by atoms with van der Waals surface area (Å²) in [6.45, 7) is 10.7. The first-order valence-corrected chi connectivity index (χ1v) is 8.64. The molecule has 0 aromatic heterocycles. The van der Waals surface area contributed by atoms with Crippen LogP contribution in [-0.4, -0.2) is 64.9 Å². The van der Waals surface area contributed by atoms with Crippen molar-refractivity contribution in [2.45, 2.75) is 71.1 Å². The number of ether oxygens (including phenoxy) is 1. The molecular formula is C17H32N2O3. The summed E-state index contributed by atoms with van der Waals surface area (Å²) in [4.78, 5) is 16.6. The molecule has 1 N–H and O–H groups in total. The molecule has 1 heterocycles. The first-order chi connectivity index (χ1) is 10.3. The molecule has 22 heavy (non-hydrogen) atoms. The number of amides is 1. The van der Waals surface area contributed by atoms with Gasteiger partial charge in [0.1, 0.15) is 5.60 Å². The van der Waals surface area contributed by atoms with Crippen LogP contribution in [0.2, 0.25) is 0 Å². The van der Waals surface area contributed by atoms with E-state index in [1.165, 1.54) is 12.8 Å². The van der Waals surface area contributed by atoms with Gasteiger partial charge in [0.2, 0.25) is 0 Å². The summed E-state index contributed by atoms with van der Waals surface area (Å²) in [5.41, 5.74) is -0.430. The lowest BCUT2D eigenvalue weighted by molar-refractivity contribution is -0.00865. The summed E-state index contributed by atoms with van der Waals surface area (Å²) in [6.07, 6.45) is 4.40. The van der Waals surface area contributed by atoms with Crippen molar-refractivity contribution < 1.29 is 14.6 Å². The van der Waals surface area contributed by atoms with Crippen molar-refractivity contribution in [1.29, 1.82) is 0 Å². The number of hydrogen-bond acceptors (Lipinski definition) is 4. The van der Waals surface area contributed by atoms with Gasteiger partial charge in [-0.2, -0.15) is 0 Å². The third-order valence-electron chi connectivity index (χ3n) is 4.87. The summed E-state index contributed by atoms with van der Waals surface area (Å²) in [5.74, 6) is 0.495. The lowest BCUT2D eigenvalue weighted by Crippen LogP contribution is -2.57. The van der Waals surface area contributed by atoms with Gasteiger partial charge in [-0.1, -0.05) is 0 Å². The molecule has 2 aliphatic rings. The molecule has 1 aliphatic heterocycles. The Kier molecular flexibility index (Phi) is 5.72. The number of nitrogens with zero attached hydrogens (tertiary/aromatic N) is 2. The first kappa shape index (κ1) is 17.5. The molecule has 5 nitrogen and oxygen atoms in total. The van der Waals surface area contributed by atoms with Crippen LogP contribution in [0, 0.1) is 5.92 Å². The normalized spacial score (nSPS) is 31.1. The zero-order valence-corrected chi connectivity index (χ0v) is 14.5. The van der Waals surface area contributed by atoms with Crippen LogP contribution in [0.15, 0.2) is 0 Å². The minimum Gasteiger partial charge on any atom is -0.444 e. The molecular weight excluding hydrogens is 280 g/mol. The molecule has 0 unspecified atom stereocenters. The minimum atomic E-state index is -0.430. The molecule has 2 rings (SSSR count). The molecule has 0 aromatic rings. The zero-order valence-electron chi connectivity index (χ0n) is 14.5. The van der Waals surface area contributed by atoms with E-state index in [4.69, 9.17) is 4.74 Å². The fourth-order valence-corrected chi connectivity index (χ4v) is 3.67. The lowest BCUT2D eigenvalue weighted by atomic mass is 9.85. The highest BCUT2D eigenvalue weighted by Gasteiger charge is 2.34. The van der Waals surface area contributed by atoms with E-state index >= 15 is 0 Å². The van der Waals surface area contributed by atoms with Crippen LogP contribution in [0.4, 0.5) is 4.79 Å². The highest BCUT2D eigenvalue weighted by atomic mass is 16.6. The number of piperazine rings is 1. The summed E-state index contributed by atoms with van der Waals surface area (Å²) in [6, 6.07) is 0.982. The summed E-state index contributed by atoms with van der Waals surface area (Å²) in [5, 5.41) is 9.26. The highest BCUT2D eigenvalue weighted by molar-refractivity contribution is 5.68. The first-order valence-electron chi connectivity index (χ1n) is 8.64. The van der Waals surface area contributed by atoms with E-state index in [-0.39, 0.29) is 6.09 Å². The Morgan fingerprint density at radius 3 is 2.32 bits per heavy atom. The van der Waals surface area contributed by atoms with Gasteiger partial charge in [-0.05, 0) is 59.3 Å². The van der Waals surface area contributed by atoms with E-state index in [1.807, 2.05) is 25.7 Å². The number of aliphatic hydroxyl groups excluding tert-OH is 1. The van der Waals surface area contributed by atoms with Crippen LogP contribution < -0.4 is 0 Å². The van der Waals surface area contributed by atoms with Gasteiger partial charge in [-0.25, -0.2) is 4.79 Å². The van der Waals surface area contributed by atoms with E-state index in [0.717, 1.165) is 32.5 Å². The maximum absolute atomic E-state index is 12.2. The Morgan fingerprint density at radius 2 is 1.82 bits per heavy atom. The Labute approximate surface area is 134 Å². The Bertz CT molecular complexity index is 373. The predicted octanol–water partition coefficient (Wildman–Crippen LogP) is 2.48. The SMILES string of the molecule is C[C@@H]1CN(C(=O)OC(C)(C)C)CCN1C1CCC(CO)CC1. The third kappa shape index (κ3) is 4.59. The summed E-state index contributed by atoms with van der Waals surface area (Å²) in [7, 11) is 0. The molecule has 1 saturated heterocycles. The van der Waals surface area contributed by atoms with Gasteiger partial charge in [0.15, 0.2) is 0 Å². The molecule has 0 spiro atoms. The smallest absolute Gasteiger partial charge is 0.410 e. The topological polar surface area (TPSA) is 53.0 Å². The third-order valence-corrected chi connectivity index (χ3v) is 4.87. The van der Waals surface area contributed by atoms with Crippen LogP contribution >= 0.6 is 0 Å². The van der Waals surface area contributed by atoms with Crippen molar-refractivity contribution in [3.63, 3.8) is 0 Å². The van der Waals surface area contributed by atoms with Gasteiger partial charge in [-0.15, -0.1) is 0 Å². The van der Waals surface area contributed by atoms with Crippen molar-refractivity contribution in [3.8, 4) is 0 Å². The van der Waals surface area contributed by atoms with Crippen LogP contribution in [0.3, 0.4) is 0 Å². The number of aliphatic hydroxyl groups is 1. The van der Waals surface area contributed by atoms with Gasteiger partial charge in [0.25, 0.3) is 0 Å². The van der Waals surface area contributed by atoms with Crippen molar-refractivity contribution in [2.75, 3.05) is 26.2 Å². The van der Waals surface area contributed by atoms with E-state index < -0.39 is 5.60 Å². The van der Waals surface area contributed by atoms with Crippen molar-refractivity contribution >= 4 is 6.09 Å². The van der Waals surface area contributed by atoms with Crippen molar-refractivity contribution in [1.82, 2.24) is 9.80 Å². The van der Waals surface area contributed by atoms with Gasteiger partial charge in [-0.3, -0.25) is 4.90 Å². The fraction of sp³-hybridized carbons (Fsp3) is 0.941. The van der Waals surface area contributed by atoms with Crippen LogP contribution in [0.1, 0.15) is 53.4 Å². The molecule has 0 aromatic carbocycles. The number of carbonyl (C=O) groups is 1. The summed E-state index contributed by atoms with van der Waals surface area (Å²) < 4.78 is 5.48. The molecule has 128 valence electrons. The second-order valence-electron chi connectivity index (χ2n) is 7.87. The molecule has 1 saturated carbocycles. The average molecular weight is 312 g/mol. The second kappa shape index (κ2) is 7.18. The van der Waals surface area contributed by atoms with Crippen LogP contribution in [-0.2, 0) is 4.74 Å². The quantitative estimate of drug-likeness (QED) is 0.851. The zero-order chi connectivity index (χ0) is 16.3. The standard InChI is InChI=1S/C17H32N2O3/c1-13-11-18(16(21)22-17(2,3)4)9-10-19(13)15-7-5-14(12-20)6-8-15/h13-15,20H,5-12H2,1-4H3/t13-,14?,15?/m1/s1. The molecule has 1 atom stereocenters.